The molecule has 1 heterocycles. The van der Waals surface area contributed by atoms with Crippen LogP contribution >= 0.6 is 23.1 Å². The minimum Gasteiger partial charge on any atom is -0.447 e. The van der Waals surface area contributed by atoms with Crippen LogP contribution in [0.3, 0.4) is 0 Å². The number of thiophene rings is 1. The standard InChI is InChI=1S/C21H18FNO3S2/c22-16-8-10-17(11-9-16)23-21(25)20(15-5-2-1-3-6-15)26-19(24)14-27-13-18-7-4-12-28-18/h1-12,20H,13-14H2,(H,23,25)/t20-/m1/s1. The van der Waals surface area contributed by atoms with Crippen molar-refractivity contribution in [2.24, 2.45) is 0 Å². The lowest BCUT2D eigenvalue weighted by molar-refractivity contribution is -0.152. The topological polar surface area (TPSA) is 55.4 Å². The van der Waals surface area contributed by atoms with E-state index in [1.807, 2.05) is 23.6 Å². The number of nitrogens with one attached hydrogen (secondary N) is 1. The number of carbonyl (C=O) groups is 2. The van der Waals surface area contributed by atoms with Crippen LogP contribution in [0, 0.1) is 5.82 Å². The molecule has 4 nitrogen and oxygen atoms in total. The summed E-state index contributed by atoms with van der Waals surface area (Å²) in [4.78, 5) is 26.2. The summed E-state index contributed by atoms with van der Waals surface area (Å²) in [6.45, 7) is 0. The number of hydrogen-bond acceptors (Lipinski definition) is 5. The highest BCUT2D eigenvalue weighted by Crippen LogP contribution is 2.22. The molecule has 0 bridgehead atoms. The first-order chi connectivity index (χ1) is 13.6. The van der Waals surface area contributed by atoms with E-state index in [1.54, 1.807) is 35.6 Å². The van der Waals surface area contributed by atoms with Crippen molar-refractivity contribution < 1.29 is 18.7 Å². The maximum atomic E-state index is 13.1. The lowest BCUT2D eigenvalue weighted by atomic mass is 10.1. The molecular weight excluding hydrogens is 397 g/mol. The van der Waals surface area contributed by atoms with Gasteiger partial charge in [0.1, 0.15) is 5.82 Å². The zero-order chi connectivity index (χ0) is 19.8. The molecule has 0 saturated heterocycles. The second-order valence-electron chi connectivity index (χ2n) is 5.85. The number of carbonyl (C=O) groups excluding carboxylic acids is 2. The van der Waals surface area contributed by atoms with Crippen LogP contribution in [-0.2, 0) is 20.1 Å². The summed E-state index contributed by atoms with van der Waals surface area (Å²) < 4.78 is 18.5. The number of thioether (sulfide) groups is 1. The number of hydrogen-bond donors (Lipinski definition) is 1. The van der Waals surface area contributed by atoms with Crippen LogP contribution in [0.4, 0.5) is 10.1 Å². The minimum absolute atomic E-state index is 0.144. The molecule has 2 aromatic carbocycles. The van der Waals surface area contributed by atoms with Crippen molar-refractivity contribution in [1.82, 2.24) is 0 Å². The molecule has 0 spiro atoms. The van der Waals surface area contributed by atoms with Gasteiger partial charge in [0, 0.05) is 21.9 Å². The van der Waals surface area contributed by atoms with Gasteiger partial charge in [0.25, 0.3) is 5.91 Å². The monoisotopic (exact) mass is 415 g/mol. The highest BCUT2D eigenvalue weighted by molar-refractivity contribution is 7.99. The molecular formula is C21H18FNO3S2. The van der Waals surface area contributed by atoms with Gasteiger partial charge in [-0.15, -0.1) is 23.1 Å². The van der Waals surface area contributed by atoms with Gasteiger partial charge in [0.2, 0.25) is 6.10 Å². The molecule has 0 aliphatic heterocycles. The van der Waals surface area contributed by atoms with Gasteiger partial charge >= 0.3 is 5.97 Å². The molecule has 0 aliphatic rings. The number of rotatable bonds is 8. The van der Waals surface area contributed by atoms with Crippen LogP contribution in [0.25, 0.3) is 0 Å². The fraction of sp³-hybridized carbons (Fsp3) is 0.143. The van der Waals surface area contributed by atoms with Gasteiger partial charge in [0.15, 0.2) is 0 Å². The third-order valence-electron chi connectivity index (χ3n) is 3.75. The molecule has 1 atom stereocenters. The Morgan fingerprint density at radius 3 is 2.46 bits per heavy atom. The normalized spacial score (nSPS) is 11.6. The molecule has 0 aliphatic carbocycles. The van der Waals surface area contributed by atoms with Gasteiger partial charge in [-0.3, -0.25) is 9.59 Å². The first-order valence-electron chi connectivity index (χ1n) is 8.53. The predicted molar refractivity (Wildman–Crippen MR) is 111 cm³/mol. The van der Waals surface area contributed by atoms with E-state index in [1.165, 1.54) is 40.9 Å². The quantitative estimate of drug-likeness (QED) is 0.524. The molecule has 28 heavy (non-hydrogen) atoms. The molecule has 0 saturated carbocycles. The minimum atomic E-state index is -1.08. The third-order valence-corrected chi connectivity index (χ3v) is 5.76. The SMILES string of the molecule is O=C(CSCc1cccs1)O[C@@H](C(=O)Nc1ccc(F)cc1)c1ccccc1. The van der Waals surface area contributed by atoms with Crippen molar-refractivity contribution in [2.45, 2.75) is 11.9 Å². The first-order valence-corrected chi connectivity index (χ1v) is 10.6. The number of anilines is 1. The largest absolute Gasteiger partial charge is 0.447 e. The molecule has 1 amide bonds. The van der Waals surface area contributed by atoms with Gasteiger partial charge in [0.05, 0.1) is 5.75 Å². The summed E-state index contributed by atoms with van der Waals surface area (Å²) in [7, 11) is 0. The summed E-state index contributed by atoms with van der Waals surface area (Å²) in [6, 6.07) is 18.2. The summed E-state index contributed by atoms with van der Waals surface area (Å²) in [5.41, 5.74) is 0.995. The molecule has 1 N–H and O–H groups in total. The Hall–Kier alpha value is -2.64. The van der Waals surface area contributed by atoms with Crippen LogP contribution in [0.15, 0.2) is 72.1 Å². The van der Waals surface area contributed by atoms with Gasteiger partial charge in [-0.05, 0) is 35.7 Å². The third kappa shape index (κ3) is 5.94. The first kappa shape index (κ1) is 20.1. The summed E-state index contributed by atoms with van der Waals surface area (Å²) in [6.07, 6.45) is -1.08. The molecule has 0 fully saturated rings. The highest BCUT2D eigenvalue weighted by atomic mass is 32.2. The lowest BCUT2D eigenvalue weighted by Gasteiger charge is -2.18. The average Bonchev–Trinajstić information content (AvgIpc) is 3.22. The fourth-order valence-corrected chi connectivity index (χ4v) is 4.08. The highest BCUT2D eigenvalue weighted by Gasteiger charge is 2.25. The van der Waals surface area contributed by atoms with E-state index in [0.717, 1.165) is 0 Å². The Labute approximate surface area is 170 Å². The maximum Gasteiger partial charge on any atom is 0.317 e. The van der Waals surface area contributed by atoms with Crippen LogP contribution in [-0.4, -0.2) is 17.6 Å². The molecule has 3 rings (SSSR count). The number of halogens is 1. The molecule has 1 aromatic heterocycles. The predicted octanol–water partition coefficient (Wildman–Crippen LogP) is 5.04. The lowest BCUT2D eigenvalue weighted by Crippen LogP contribution is -2.26. The van der Waals surface area contributed by atoms with Crippen LogP contribution < -0.4 is 5.32 Å². The van der Waals surface area contributed by atoms with Gasteiger partial charge < -0.3 is 10.1 Å². The van der Waals surface area contributed by atoms with Crippen molar-refractivity contribution in [3.8, 4) is 0 Å². The molecule has 144 valence electrons. The van der Waals surface area contributed by atoms with E-state index in [4.69, 9.17) is 4.74 Å². The Morgan fingerprint density at radius 1 is 1.04 bits per heavy atom. The molecule has 0 radical (unpaired) electrons. The van der Waals surface area contributed by atoms with E-state index < -0.39 is 23.8 Å². The second-order valence-corrected chi connectivity index (χ2v) is 7.87. The van der Waals surface area contributed by atoms with Crippen molar-refractivity contribution in [1.29, 1.82) is 0 Å². The number of benzene rings is 2. The fourth-order valence-electron chi connectivity index (χ4n) is 2.44. The van der Waals surface area contributed by atoms with E-state index in [0.29, 0.717) is 17.0 Å². The number of amides is 1. The van der Waals surface area contributed by atoms with Crippen molar-refractivity contribution >= 4 is 40.7 Å². The van der Waals surface area contributed by atoms with Crippen molar-refractivity contribution in [3.05, 3.63) is 88.4 Å². The molecule has 0 unspecified atom stereocenters. The van der Waals surface area contributed by atoms with Crippen LogP contribution in [0.1, 0.15) is 16.5 Å². The molecule has 3 aromatic rings. The Balaban J connectivity index is 1.63. The summed E-state index contributed by atoms with van der Waals surface area (Å²) >= 11 is 3.06. The van der Waals surface area contributed by atoms with Crippen molar-refractivity contribution in [2.75, 3.05) is 11.1 Å². The average molecular weight is 416 g/mol. The van der Waals surface area contributed by atoms with Crippen LogP contribution in [0.2, 0.25) is 0 Å². The van der Waals surface area contributed by atoms with E-state index >= 15 is 0 Å². The Bertz CT molecular complexity index is 899. The maximum absolute atomic E-state index is 13.1. The molecule has 7 heteroatoms. The smallest absolute Gasteiger partial charge is 0.317 e. The van der Waals surface area contributed by atoms with Crippen LogP contribution in [0.5, 0.6) is 0 Å². The van der Waals surface area contributed by atoms with Gasteiger partial charge in [-0.25, -0.2) is 4.39 Å². The van der Waals surface area contributed by atoms with Gasteiger partial charge in [-0.1, -0.05) is 36.4 Å². The zero-order valence-corrected chi connectivity index (χ0v) is 16.5. The number of ether oxygens (including phenoxy) is 1. The van der Waals surface area contributed by atoms with E-state index in [2.05, 4.69) is 5.32 Å². The summed E-state index contributed by atoms with van der Waals surface area (Å²) in [5.74, 6) is -0.499. The van der Waals surface area contributed by atoms with Gasteiger partial charge in [-0.2, -0.15) is 0 Å². The Morgan fingerprint density at radius 2 is 1.79 bits per heavy atom. The van der Waals surface area contributed by atoms with E-state index in [9.17, 15) is 14.0 Å². The Kier molecular flexibility index (Phi) is 7.22. The second kappa shape index (κ2) is 10.1. The zero-order valence-electron chi connectivity index (χ0n) is 14.8. The van der Waals surface area contributed by atoms with E-state index in [-0.39, 0.29) is 5.75 Å². The van der Waals surface area contributed by atoms with Crippen molar-refractivity contribution in [3.63, 3.8) is 0 Å². The summed E-state index contributed by atoms with van der Waals surface area (Å²) in [5, 5.41) is 4.65. The number of esters is 1.